The molecule has 1 aliphatic heterocycles. The molecule has 0 fully saturated rings. The van der Waals surface area contributed by atoms with Gasteiger partial charge in [0.1, 0.15) is 0 Å². The molecule has 0 aliphatic carbocycles. The van der Waals surface area contributed by atoms with Gasteiger partial charge in [-0.2, -0.15) is 0 Å². The average Bonchev–Trinajstić information content (AvgIpc) is 4.05. The molecule has 5 heteroatoms. The van der Waals surface area contributed by atoms with Crippen molar-refractivity contribution >= 4 is 92.6 Å². The molecule has 3 aromatic heterocycles. The average molecular weight is 881 g/mol. The normalized spacial score (nSPS) is 15.0. The number of nitrogens with zero attached hydrogens (tertiary/aromatic N) is 4. The number of benzene rings is 11. The Morgan fingerprint density at radius 2 is 0.739 bits per heavy atom. The van der Waals surface area contributed by atoms with Crippen LogP contribution in [0.4, 0.5) is 5.69 Å². The predicted molar refractivity (Wildman–Crippen MR) is 288 cm³/mol. The zero-order valence-corrected chi connectivity index (χ0v) is 37.5. The van der Waals surface area contributed by atoms with E-state index in [0.29, 0.717) is 0 Å². The Morgan fingerprint density at radius 3 is 1.32 bits per heavy atom. The molecule has 5 nitrogen and oxygen atoms in total. The van der Waals surface area contributed by atoms with E-state index in [4.69, 9.17) is 5.32 Å². The predicted octanol–water partition coefficient (Wildman–Crippen LogP) is 16.7. The Morgan fingerprint density at radius 1 is 0.304 bits per heavy atom. The van der Waals surface area contributed by atoms with Crippen molar-refractivity contribution in [2.24, 2.45) is 0 Å². The summed E-state index contributed by atoms with van der Waals surface area (Å²) in [5, 5.41) is 21.9. The third-order valence-corrected chi connectivity index (χ3v) is 14.8. The molecule has 0 amide bonds. The van der Waals surface area contributed by atoms with E-state index >= 15 is 0 Å². The standard InChI is InChI=1S/C64H42N5/c1-3-20-46-40(15-1)17-14-26-54(46)63-55-34-31-41-16-2-4-21-47(41)62(55)65-64(66-63)42-18-13-19-43(37-42)69-60-38-44(67-56-27-9-5-22-48(56)49-23-6-10-28-57(49)67)32-35-52(60)53-36-33-45(39-61(53)69)68-58-29-11-7-24-50(58)51-25-8-12-30-59(51)68/h1-39,63-64,66H/q-1. The van der Waals surface area contributed by atoms with E-state index in [9.17, 15) is 0 Å². The second-order valence-corrected chi connectivity index (χ2v) is 18.5. The molecule has 0 saturated carbocycles. The van der Waals surface area contributed by atoms with E-state index in [-0.39, 0.29) is 12.2 Å². The topological polar surface area (TPSA) is 40.9 Å². The maximum atomic E-state index is 5.63. The lowest BCUT2D eigenvalue weighted by atomic mass is 9.88. The quantitative estimate of drug-likeness (QED) is 0.184. The van der Waals surface area contributed by atoms with Crippen molar-refractivity contribution in [3.63, 3.8) is 0 Å². The van der Waals surface area contributed by atoms with Crippen LogP contribution >= 0.6 is 0 Å². The van der Waals surface area contributed by atoms with Gasteiger partial charge in [0.25, 0.3) is 0 Å². The molecule has 0 saturated heterocycles. The molecule has 2 unspecified atom stereocenters. The van der Waals surface area contributed by atoms with E-state index in [1.54, 1.807) is 0 Å². The van der Waals surface area contributed by atoms with E-state index in [0.717, 1.165) is 39.3 Å². The first-order valence-corrected chi connectivity index (χ1v) is 23.9. The monoisotopic (exact) mass is 880 g/mol. The molecular formula is C64H42N5-. The minimum atomic E-state index is -0.318. The maximum Gasteiger partial charge on any atom is 0.0563 e. The summed E-state index contributed by atoms with van der Waals surface area (Å²) in [5.41, 5.74) is 14.9. The zero-order valence-electron chi connectivity index (χ0n) is 37.5. The van der Waals surface area contributed by atoms with Gasteiger partial charge in [-0.15, -0.1) is 5.69 Å². The van der Waals surface area contributed by atoms with Gasteiger partial charge >= 0.3 is 0 Å². The van der Waals surface area contributed by atoms with Crippen LogP contribution in [-0.4, -0.2) is 13.7 Å². The first-order valence-electron chi connectivity index (χ1n) is 23.9. The number of para-hydroxylation sites is 4. The van der Waals surface area contributed by atoms with Crippen molar-refractivity contribution in [3.8, 4) is 17.1 Å². The number of rotatable bonds is 5. The van der Waals surface area contributed by atoms with Crippen molar-refractivity contribution < 1.29 is 0 Å². The summed E-state index contributed by atoms with van der Waals surface area (Å²) in [4.78, 5) is 0. The van der Waals surface area contributed by atoms with Crippen LogP contribution in [0, 0.1) is 0 Å². The first-order chi connectivity index (χ1) is 34.2. The number of aromatic nitrogens is 3. The highest BCUT2D eigenvalue weighted by atomic mass is 15.2. The Labute approximate surface area is 397 Å². The molecule has 2 atom stereocenters. The van der Waals surface area contributed by atoms with Gasteiger partial charge in [-0.25, -0.2) is 0 Å². The summed E-state index contributed by atoms with van der Waals surface area (Å²) in [6.45, 7) is 0. The Bertz CT molecular complexity index is 4130. The van der Waals surface area contributed by atoms with Crippen LogP contribution in [0.15, 0.2) is 237 Å². The van der Waals surface area contributed by atoms with Crippen LogP contribution in [-0.2, 0) is 0 Å². The van der Waals surface area contributed by atoms with E-state index < -0.39 is 0 Å². The third-order valence-electron chi connectivity index (χ3n) is 14.8. The highest BCUT2D eigenvalue weighted by Crippen LogP contribution is 2.49. The summed E-state index contributed by atoms with van der Waals surface area (Å²) in [5.74, 6) is 0. The third kappa shape index (κ3) is 5.69. The van der Waals surface area contributed by atoms with Gasteiger partial charge in [0.15, 0.2) is 0 Å². The molecule has 0 bridgehead atoms. The van der Waals surface area contributed by atoms with Gasteiger partial charge in [0.2, 0.25) is 0 Å². The Kier molecular flexibility index (Phi) is 8.20. The highest BCUT2D eigenvalue weighted by molar-refractivity contribution is 6.14. The van der Waals surface area contributed by atoms with E-state index in [2.05, 4.69) is 256 Å². The van der Waals surface area contributed by atoms with Crippen LogP contribution in [0.1, 0.15) is 28.9 Å². The number of fused-ring (bicyclic) bond motifs is 13. The molecule has 15 rings (SSSR count). The fraction of sp³-hybridized carbons (Fsp3) is 0.0312. The van der Waals surface area contributed by atoms with Gasteiger partial charge in [-0.3, -0.25) is 0 Å². The number of nitrogens with one attached hydrogen (secondary N) is 1. The SMILES string of the molecule is c1cc(C2[N-]c3c(ccc4ccccc34)C(c3cccc4ccccc34)N2)cc(-n2c3cc(-n4c5ccccc5c5ccccc54)ccc3c3ccc(-n4c5ccccc5c5ccccc54)cc32)c1. The summed E-state index contributed by atoms with van der Waals surface area (Å²) in [7, 11) is 0. The number of hydrogen-bond donors (Lipinski definition) is 1. The second-order valence-electron chi connectivity index (χ2n) is 18.5. The lowest BCUT2D eigenvalue weighted by Gasteiger charge is -2.46. The van der Waals surface area contributed by atoms with Crippen molar-refractivity contribution in [1.29, 1.82) is 0 Å². The van der Waals surface area contributed by atoms with Gasteiger partial charge < -0.3 is 24.3 Å². The minimum absolute atomic E-state index is 0.0855. The maximum absolute atomic E-state index is 5.63. The van der Waals surface area contributed by atoms with Gasteiger partial charge in [0.05, 0.1) is 39.1 Å². The minimum Gasteiger partial charge on any atom is -0.665 e. The van der Waals surface area contributed by atoms with Crippen molar-refractivity contribution in [2.75, 3.05) is 0 Å². The summed E-state index contributed by atoms with van der Waals surface area (Å²) >= 11 is 0. The van der Waals surface area contributed by atoms with Crippen molar-refractivity contribution in [1.82, 2.24) is 19.0 Å². The molecule has 1 aliphatic rings. The zero-order chi connectivity index (χ0) is 45.2. The van der Waals surface area contributed by atoms with Gasteiger partial charge in [-0.1, -0.05) is 176 Å². The summed E-state index contributed by atoms with van der Waals surface area (Å²) in [6, 6.07) is 86.6. The van der Waals surface area contributed by atoms with Crippen LogP contribution in [0.5, 0.6) is 0 Å². The lowest BCUT2D eigenvalue weighted by molar-refractivity contribution is 0.528. The molecular weight excluding hydrogens is 839 g/mol. The second kappa shape index (κ2) is 14.8. The Balaban J connectivity index is 0.963. The molecule has 324 valence electrons. The Hall–Kier alpha value is -8.90. The highest BCUT2D eigenvalue weighted by Gasteiger charge is 2.25. The lowest BCUT2D eigenvalue weighted by Crippen LogP contribution is -2.30. The molecule has 0 radical (unpaired) electrons. The smallest absolute Gasteiger partial charge is 0.0563 e. The molecule has 1 N–H and O–H groups in total. The fourth-order valence-corrected chi connectivity index (χ4v) is 11.8. The van der Waals surface area contributed by atoms with Crippen LogP contribution in [0.25, 0.3) is 109 Å². The van der Waals surface area contributed by atoms with Gasteiger partial charge in [0, 0.05) is 49.4 Å². The fourth-order valence-electron chi connectivity index (χ4n) is 11.8. The largest absolute Gasteiger partial charge is 0.665 e. The van der Waals surface area contributed by atoms with E-state index in [1.165, 1.54) is 87.1 Å². The molecule has 0 spiro atoms. The molecule has 4 heterocycles. The summed E-state index contributed by atoms with van der Waals surface area (Å²) in [6.07, 6.45) is -0.318. The number of hydrogen-bond acceptors (Lipinski definition) is 1. The summed E-state index contributed by atoms with van der Waals surface area (Å²) < 4.78 is 7.33. The van der Waals surface area contributed by atoms with E-state index in [1.807, 2.05) is 0 Å². The van der Waals surface area contributed by atoms with Crippen molar-refractivity contribution in [3.05, 3.63) is 259 Å². The van der Waals surface area contributed by atoms with Gasteiger partial charge in [-0.05, 0) is 105 Å². The van der Waals surface area contributed by atoms with Crippen LogP contribution in [0.3, 0.4) is 0 Å². The molecule has 11 aromatic carbocycles. The first kappa shape index (κ1) is 38.2. The van der Waals surface area contributed by atoms with Crippen molar-refractivity contribution in [2.45, 2.75) is 12.2 Å². The molecule has 14 aromatic rings. The van der Waals surface area contributed by atoms with Crippen LogP contribution < -0.4 is 5.32 Å². The van der Waals surface area contributed by atoms with Crippen LogP contribution in [0.2, 0.25) is 0 Å². The molecule has 69 heavy (non-hydrogen) atoms.